The molecule has 0 spiro atoms. The first kappa shape index (κ1) is 14.2. The van der Waals surface area contributed by atoms with Gasteiger partial charge < -0.3 is 15.4 Å². The van der Waals surface area contributed by atoms with Crippen molar-refractivity contribution in [2.24, 2.45) is 0 Å². The number of hydrogen-bond acceptors (Lipinski definition) is 4. The standard InChI is InChI=1S/C18H19N3O/c1-21(2)14-8-7-12-10-17(20-18(19)16(12)11-14)13-5-4-6-15(9-13)22-3/h4-11H,1-3H3,(H2,19,20). The lowest BCUT2D eigenvalue weighted by atomic mass is 10.1. The van der Waals surface area contributed by atoms with Crippen molar-refractivity contribution in [3.63, 3.8) is 0 Å². The van der Waals surface area contributed by atoms with E-state index in [0.717, 1.165) is 33.5 Å². The molecule has 1 aromatic heterocycles. The number of aromatic nitrogens is 1. The third-order valence-corrected chi connectivity index (χ3v) is 3.73. The highest BCUT2D eigenvalue weighted by Gasteiger charge is 2.08. The molecule has 2 N–H and O–H groups in total. The fourth-order valence-corrected chi connectivity index (χ4v) is 2.47. The van der Waals surface area contributed by atoms with Gasteiger partial charge in [0.2, 0.25) is 0 Å². The summed E-state index contributed by atoms with van der Waals surface area (Å²) in [5, 5.41) is 2.05. The molecule has 0 aliphatic heterocycles. The molecular weight excluding hydrogens is 274 g/mol. The number of rotatable bonds is 3. The van der Waals surface area contributed by atoms with E-state index in [-0.39, 0.29) is 0 Å². The summed E-state index contributed by atoms with van der Waals surface area (Å²) in [5.41, 5.74) is 9.12. The molecule has 0 bridgehead atoms. The van der Waals surface area contributed by atoms with Gasteiger partial charge in [-0.25, -0.2) is 4.98 Å². The van der Waals surface area contributed by atoms with Crippen molar-refractivity contribution in [2.45, 2.75) is 0 Å². The van der Waals surface area contributed by atoms with Gasteiger partial charge in [-0.3, -0.25) is 0 Å². The molecule has 0 fully saturated rings. The number of benzene rings is 2. The summed E-state index contributed by atoms with van der Waals surface area (Å²) in [7, 11) is 5.68. The summed E-state index contributed by atoms with van der Waals surface area (Å²) in [5.74, 6) is 1.35. The summed E-state index contributed by atoms with van der Waals surface area (Å²) in [6.45, 7) is 0. The Morgan fingerprint density at radius 2 is 1.86 bits per heavy atom. The Bertz CT molecular complexity index is 828. The topological polar surface area (TPSA) is 51.4 Å². The Morgan fingerprint density at radius 1 is 1.05 bits per heavy atom. The average Bonchev–Trinajstić information content (AvgIpc) is 2.54. The van der Waals surface area contributed by atoms with Crippen LogP contribution < -0.4 is 15.4 Å². The van der Waals surface area contributed by atoms with Gasteiger partial charge in [-0.1, -0.05) is 18.2 Å². The fourth-order valence-electron chi connectivity index (χ4n) is 2.47. The zero-order valence-corrected chi connectivity index (χ0v) is 13.0. The molecular formula is C18H19N3O. The van der Waals surface area contributed by atoms with Crippen LogP contribution in [-0.4, -0.2) is 26.2 Å². The van der Waals surface area contributed by atoms with E-state index in [1.54, 1.807) is 7.11 Å². The van der Waals surface area contributed by atoms with E-state index in [1.807, 2.05) is 38.4 Å². The van der Waals surface area contributed by atoms with Gasteiger partial charge in [-0.05, 0) is 35.7 Å². The predicted molar refractivity (Wildman–Crippen MR) is 92.5 cm³/mol. The van der Waals surface area contributed by atoms with Crippen molar-refractivity contribution in [3.8, 4) is 17.0 Å². The molecule has 1 heterocycles. The van der Waals surface area contributed by atoms with E-state index >= 15 is 0 Å². The molecule has 0 unspecified atom stereocenters. The zero-order valence-electron chi connectivity index (χ0n) is 13.0. The van der Waals surface area contributed by atoms with E-state index in [0.29, 0.717) is 5.82 Å². The molecule has 2 aromatic carbocycles. The van der Waals surface area contributed by atoms with Crippen molar-refractivity contribution in [3.05, 3.63) is 48.5 Å². The summed E-state index contributed by atoms with van der Waals surface area (Å²) >= 11 is 0. The molecule has 0 radical (unpaired) electrons. The maximum absolute atomic E-state index is 6.17. The molecule has 0 aliphatic carbocycles. The van der Waals surface area contributed by atoms with Crippen LogP contribution in [0.3, 0.4) is 0 Å². The van der Waals surface area contributed by atoms with Gasteiger partial charge >= 0.3 is 0 Å². The van der Waals surface area contributed by atoms with E-state index in [4.69, 9.17) is 10.5 Å². The molecule has 22 heavy (non-hydrogen) atoms. The number of fused-ring (bicyclic) bond motifs is 1. The van der Waals surface area contributed by atoms with Crippen molar-refractivity contribution in [2.75, 3.05) is 31.8 Å². The number of nitrogens with two attached hydrogens (primary N) is 1. The maximum atomic E-state index is 6.17. The van der Waals surface area contributed by atoms with Gasteiger partial charge in [0.1, 0.15) is 11.6 Å². The van der Waals surface area contributed by atoms with Crippen LogP contribution in [0.25, 0.3) is 22.0 Å². The van der Waals surface area contributed by atoms with Crippen LogP contribution in [-0.2, 0) is 0 Å². The van der Waals surface area contributed by atoms with Crippen molar-refractivity contribution in [1.82, 2.24) is 4.98 Å². The maximum Gasteiger partial charge on any atom is 0.132 e. The van der Waals surface area contributed by atoms with E-state index < -0.39 is 0 Å². The highest BCUT2D eigenvalue weighted by atomic mass is 16.5. The first-order chi connectivity index (χ1) is 10.6. The minimum absolute atomic E-state index is 0.541. The largest absolute Gasteiger partial charge is 0.497 e. The first-order valence-electron chi connectivity index (χ1n) is 7.10. The fraction of sp³-hybridized carbons (Fsp3) is 0.167. The molecule has 4 heteroatoms. The Labute approximate surface area is 130 Å². The lowest BCUT2D eigenvalue weighted by Crippen LogP contribution is -2.08. The van der Waals surface area contributed by atoms with Crippen molar-refractivity contribution < 1.29 is 4.74 Å². The number of nitrogens with zero attached hydrogens (tertiary/aromatic N) is 2. The lowest BCUT2D eigenvalue weighted by molar-refractivity contribution is 0.415. The van der Waals surface area contributed by atoms with Crippen LogP contribution in [0.15, 0.2) is 48.5 Å². The summed E-state index contributed by atoms with van der Waals surface area (Å²) < 4.78 is 5.27. The second-order valence-corrected chi connectivity index (χ2v) is 5.42. The predicted octanol–water partition coefficient (Wildman–Crippen LogP) is 3.56. The van der Waals surface area contributed by atoms with Crippen LogP contribution >= 0.6 is 0 Å². The third kappa shape index (κ3) is 2.55. The molecule has 0 saturated heterocycles. The Kier molecular flexibility index (Phi) is 3.59. The zero-order chi connectivity index (χ0) is 15.7. The van der Waals surface area contributed by atoms with Crippen LogP contribution in [0.5, 0.6) is 5.75 Å². The minimum Gasteiger partial charge on any atom is -0.497 e. The molecule has 4 nitrogen and oxygen atoms in total. The van der Waals surface area contributed by atoms with Gasteiger partial charge in [0.05, 0.1) is 12.8 Å². The van der Waals surface area contributed by atoms with E-state index in [1.165, 1.54) is 0 Å². The Hall–Kier alpha value is -2.75. The highest BCUT2D eigenvalue weighted by molar-refractivity contribution is 5.95. The van der Waals surface area contributed by atoms with Gasteiger partial charge in [-0.15, -0.1) is 0 Å². The number of nitrogen functional groups attached to an aromatic ring is 1. The molecule has 0 saturated carbocycles. The smallest absolute Gasteiger partial charge is 0.132 e. The second kappa shape index (κ2) is 5.56. The molecule has 0 amide bonds. The van der Waals surface area contributed by atoms with E-state index in [9.17, 15) is 0 Å². The van der Waals surface area contributed by atoms with Crippen LogP contribution in [0.2, 0.25) is 0 Å². The number of hydrogen-bond donors (Lipinski definition) is 1. The van der Waals surface area contributed by atoms with Crippen LogP contribution in [0, 0.1) is 0 Å². The average molecular weight is 293 g/mol. The Balaban J connectivity index is 2.14. The summed E-state index contributed by atoms with van der Waals surface area (Å²) in [6, 6.07) is 16.1. The minimum atomic E-state index is 0.541. The molecule has 3 rings (SSSR count). The first-order valence-corrected chi connectivity index (χ1v) is 7.10. The summed E-state index contributed by atoms with van der Waals surface area (Å²) in [6.07, 6.45) is 0. The second-order valence-electron chi connectivity index (χ2n) is 5.42. The number of pyridine rings is 1. The van der Waals surface area contributed by atoms with Crippen LogP contribution in [0.1, 0.15) is 0 Å². The van der Waals surface area contributed by atoms with Crippen molar-refractivity contribution >= 4 is 22.3 Å². The molecule has 3 aromatic rings. The summed E-state index contributed by atoms with van der Waals surface area (Å²) in [4.78, 5) is 6.60. The van der Waals surface area contributed by atoms with Gasteiger partial charge in [-0.2, -0.15) is 0 Å². The quantitative estimate of drug-likeness (QED) is 0.802. The number of methoxy groups -OCH3 is 1. The Morgan fingerprint density at radius 3 is 2.59 bits per heavy atom. The molecule has 0 atom stereocenters. The third-order valence-electron chi connectivity index (χ3n) is 3.73. The SMILES string of the molecule is COc1cccc(-c2cc3ccc(N(C)C)cc3c(N)n2)c1. The van der Waals surface area contributed by atoms with Crippen LogP contribution in [0.4, 0.5) is 11.5 Å². The van der Waals surface area contributed by atoms with Gasteiger partial charge in [0.25, 0.3) is 0 Å². The number of anilines is 2. The lowest BCUT2D eigenvalue weighted by Gasteiger charge is -2.14. The highest BCUT2D eigenvalue weighted by Crippen LogP contribution is 2.30. The van der Waals surface area contributed by atoms with Crippen molar-refractivity contribution in [1.29, 1.82) is 0 Å². The van der Waals surface area contributed by atoms with Gasteiger partial charge in [0, 0.05) is 30.7 Å². The number of ether oxygens (including phenoxy) is 1. The molecule has 112 valence electrons. The van der Waals surface area contributed by atoms with E-state index in [2.05, 4.69) is 34.1 Å². The monoisotopic (exact) mass is 293 g/mol. The van der Waals surface area contributed by atoms with Gasteiger partial charge in [0.15, 0.2) is 0 Å². The normalized spacial score (nSPS) is 10.7. The molecule has 0 aliphatic rings.